The maximum atomic E-state index is 14.1. The molecular formula is C18H18FN5O. The first-order valence-electron chi connectivity index (χ1n) is 7.79. The topological polar surface area (TPSA) is 79.8 Å². The highest BCUT2D eigenvalue weighted by molar-refractivity contribution is 5.91. The highest BCUT2D eigenvalue weighted by Crippen LogP contribution is 2.32. The van der Waals surface area contributed by atoms with Crippen molar-refractivity contribution in [2.75, 3.05) is 17.7 Å². The maximum absolute atomic E-state index is 14.1. The normalized spacial score (nSPS) is 10.8. The number of pyridine rings is 1. The highest BCUT2D eigenvalue weighted by Gasteiger charge is 2.14. The Balaban J connectivity index is 2.18. The molecule has 128 valence electrons. The number of aryl methyl sites for hydroxylation is 2. The lowest BCUT2D eigenvalue weighted by molar-refractivity contribution is -0.114. The summed E-state index contributed by atoms with van der Waals surface area (Å²) in [6, 6.07) is 4.96. The zero-order chi connectivity index (χ0) is 18.1. The molecule has 0 bridgehead atoms. The van der Waals surface area contributed by atoms with Crippen LogP contribution in [0.2, 0.25) is 0 Å². The summed E-state index contributed by atoms with van der Waals surface area (Å²) in [6.45, 7) is 5.04. The smallest absolute Gasteiger partial charge is 0.224 e. The predicted octanol–water partition coefficient (Wildman–Crippen LogP) is 3.45. The van der Waals surface area contributed by atoms with Crippen molar-refractivity contribution < 1.29 is 9.18 Å². The average Bonchev–Trinajstić information content (AvgIpc) is 2.56. The molecule has 3 rings (SSSR count). The van der Waals surface area contributed by atoms with Crippen LogP contribution in [-0.2, 0) is 4.79 Å². The molecule has 2 heterocycles. The van der Waals surface area contributed by atoms with Crippen molar-refractivity contribution in [3.8, 4) is 11.1 Å². The van der Waals surface area contributed by atoms with Gasteiger partial charge >= 0.3 is 0 Å². The summed E-state index contributed by atoms with van der Waals surface area (Å²) in [7, 11) is 1.74. The summed E-state index contributed by atoms with van der Waals surface area (Å²) in [6.07, 6.45) is 1.69. The van der Waals surface area contributed by atoms with E-state index >= 15 is 0 Å². The van der Waals surface area contributed by atoms with Crippen LogP contribution >= 0.6 is 0 Å². The van der Waals surface area contributed by atoms with E-state index in [0.717, 1.165) is 27.8 Å². The van der Waals surface area contributed by atoms with Gasteiger partial charge in [-0.15, -0.1) is 0 Å². The number of halogens is 1. The fourth-order valence-corrected chi connectivity index (χ4v) is 2.69. The summed E-state index contributed by atoms with van der Waals surface area (Å²) in [4.78, 5) is 24.4. The first-order valence-corrected chi connectivity index (χ1v) is 7.79. The van der Waals surface area contributed by atoms with E-state index in [0.29, 0.717) is 11.6 Å². The number of rotatable bonds is 3. The minimum absolute atomic E-state index is 0.148. The lowest BCUT2D eigenvalue weighted by Crippen LogP contribution is -2.08. The first kappa shape index (κ1) is 16.8. The van der Waals surface area contributed by atoms with Crippen LogP contribution in [0.15, 0.2) is 24.4 Å². The number of nitrogens with one attached hydrogen (secondary N) is 2. The van der Waals surface area contributed by atoms with Crippen LogP contribution in [0.25, 0.3) is 22.2 Å². The monoisotopic (exact) mass is 339 g/mol. The van der Waals surface area contributed by atoms with Crippen molar-refractivity contribution in [1.29, 1.82) is 0 Å². The van der Waals surface area contributed by atoms with Crippen LogP contribution in [0.4, 0.5) is 16.0 Å². The molecular weight excluding hydrogens is 321 g/mol. The van der Waals surface area contributed by atoms with E-state index in [1.807, 2.05) is 19.9 Å². The van der Waals surface area contributed by atoms with Crippen LogP contribution < -0.4 is 10.6 Å². The predicted molar refractivity (Wildman–Crippen MR) is 96.1 cm³/mol. The Morgan fingerprint density at radius 2 is 1.88 bits per heavy atom. The van der Waals surface area contributed by atoms with E-state index < -0.39 is 5.82 Å². The number of amides is 1. The third-order valence-electron chi connectivity index (χ3n) is 3.90. The number of benzene rings is 1. The van der Waals surface area contributed by atoms with Crippen molar-refractivity contribution in [2.45, 2.75) is 20.8 Å². The van der Waals surface area contributed by atoms with Crippen molar-refractivity contribution in [1.82, 2.24) is 15.0 Å². The summed E-state index contributed by atoms with van der Waals surface area (Å²) in [5.41, 5.74) is 3.89. The van der Waals surface area contributed by atoms with Gasteiger partial charge in [0.1, 0.15) is 5.82 Å². The van der Waals surface area contributed by atoms with Gasteiger partial charge in [-0.2, -0.15) is 4.98 Å². The van der Waals surface area contributed by atoms with Gasteiger partial charge in [0.2, 0.25) is 11.9 Å². The molecule has 7 heteroatoms. The number of hydrogen-bond acceptors (Lipinski definition) is 5. The minimum Gasteiger partial charge on any atom is -0.357 e. The maximum Gasteiger partial charge on any atom is 0.224 e. The zero-order valence-corrected chi connectivity index (χ0v) is 14.4. The quantitative estimate of drug-likeness (QED) is 0.764. The van der Waals surface area contributed by atoms with Crippen molar-refractivity contribution in [3.05, 3.63) is 41.5 Å². The molecule has 0 saturated carbocycles. The van der Waals surface area contributed by atoms with Crippen LogP contribution in [0.5, 0.6) is 0 Å². The molecule has 0 saturated heterocycles. The minimum atomic E-state index is -0.468. The van der Waals surface area contributed by atoms with E-state index in [1.165, 1.54) is 13.0 Å². The van der Waals surface area contributed by atoms with Gasteiger partial charge in [0, 0.05) is 36.8 Å². The van der Waals surface area contributed by atoms with Crippen molar-refractivity contribution in [3.63, 3.8) is 0 Å². The van der Waals surface area contributed by atoms with Gasteiger partial charge in [0.05, 0.1) is 5.69 Å². The molecule has 0 unspecified atom stereocenters. The van der Waals surface area contributed by atoms with Gasteiger partial charge in [-0.05, 0) is 43.2 Å². The van der Waals surface area contributed by atoms with Gasteiger partial charge in [-0.25, -0.2) is 14.4 Å². The Labute approximate surface area is 144 Å². The zero-order valence-electron chi connectivity index (χ0n) is 14.4. The van der Waals surface area contributed by atoms with Crippen LogP contribution in [0.1, 0.15) is 18.2 Å². The fraction of sp³-hybridized carbons (Fsp3) is 0.222. The van der Waals surface area contributed by atoms with Crippen molar-refractivity contribution in [2.24, 2.45) is 0 Å². The molecule has 3 aromatic rings. The lowest BCUT2D eigenvalue weighted by Gasteiger charge is -2.13. The Bertz CT molecular complexity index is 987. The second-order valence-corrected chi connectivity index (χ2v) is 5.81. The van der Waals surface area contributed by atoms with E-state index in [1.54, 1.807) is 19.3 Å². The number of carbonyl (C=O) groups is 1. The summed E-state index contributed by atoms with van der Waals surface area (Å²) < 4.78 is 14.1. The van der Waals surface area contributed by atoms with Gasteiger partial charge in [0.15, 0.2) is 5.65 Å². The van der Waals surface area contributed by atoms with Gasteiger partial charge in [-0.3, -0.25) is 4.79 Å². The second kappa shape index (κ2) is 6.43. The molecule has 1 aromatic carbocycles. The number of carbonyl (C=O) groups excluding carboxylic acids is 1. The molecule has 6 nitrogen and oxygen atoms in total. The van der Waals surface area contributed by atoms with Gasteiger partial charge in [-0.1, -0.05) is 0 Å². The number of hydrogen-bond donors (Lipinski definition) is 2. The van der Waals surface area contributed by atoms with E-state index in [4.69, 9.17) is 0 Å². The number of nitrogens with zero attached hydrogens (tertiary/aromatic N) is 3. The van der Waals surface area contributed by atoms with E-state index in [9.17, 15) is 9.18 Å². The van der Waals surface area contributed by atoms with Crippen molar-refractivity contribution >= 4 is 28.6 Å². The average molecular weight is 339 g/mol. The van der Waals surface area contributed by atoms with Gasteiger partial charge < -0.3 is 10.6 Å². The number of anilines is 2. The van der Waals surface area contributed by atoms with Crippen LogP contribution in [0, 0.1) is 19.7 Å². The Morgan fingerprint density at radius 1 is 1.12 bits per heavy atom. The SMILES string of the molecule is CNc1ncc2cc(-c3cc(NC(C)=O)c(F)cc3C)c(C)nc2n1. The van der Waals surface area contributed by atoms with Gasteiger partial charge in [0.25, 0.3) is 0 Å². The molecule has 0 aliphatic carbocycles. The molecule has 0 aliphatic heterocycles. The van der Waals surface area contributed by atoms with E-state index in [2.05, 4.69) is 25.6 Å². The molecule has 0 spiro atoms. The molecule has 0 radical (unpaired) electrons. The largest absolute Gasteiger partial charge is 0.357 e. The fourth-order valence-electron chi connectivity index (χ4n) is 2.69. The lowest BCUT2D eigenvalue weighted by atomic mass is 9.97. The molecule has 0 aliphatic rings. The standard InChI is InChI=1S/C18H18FN5O/c1-9-5-15(19)16(23-11(3)25)7-13(9)14-6-12-8-21-18(20-4)24-17(12)22-10(14)2/h5-8H,1-4H3,(H,23,25)(H,20,21,22,24). The Kier molecular flexibility index (Phi) is 4.31. The molecule has 2 N–H and O–H groups in total. The molecule has 1 amide bonds. The van der Waals surface area contributed by atoms with E-state index in [-0.39, 0.29) is 11.6 Å². The molecule has 0 fully saturated rings. The highest BCUT2D eigenvalue weighted by atomic mass is 19.1. The molecule has 25 heavy (non-hydrogen) atoms. The summed E-state index contributed by atoms with van der Waals surface area (Å²) in [5.74, 6) is -0.294. The summed E-state index contributed by atoms with van der Waals surface area (Å²) in [5, 5.41) is 6.18. The first-order chi connectivity index (χ1) is 11.9. The van der Waals surface area contributed by atoms with Crippen LogP contribution in [-0.4, -0.2) is 27.9 Å². The second-order valence-electron chi connectivity index (χ2n) is 5.81. The molecule has 0 atom stereocenters. The molecule has 2 aromatic heterocycles. The Morgan fingerprint density at radius 3 is 2.56 bits per heavy atom. The third-order valence-corrected chi connectivity index (χ3v) is 3.90. The number of fused-ring (bicyclic) bond motifs is 1. The van der Waals surface area contributed by atoms with Crippen LogP contribution in [0.3, 0.4) is 0 Å². The number of aromatic nitrogens is 3. The summed E-state index contributed by atoms with van der Waals surface area (Å²) >= 11 is 0. The Hall–Kier alpha value is -3.09. The third kappa shape index (κ3) is 3.26.